The van der Waals surface area contributed by atoms with Crippen molar-refractivity contribution >= 4 is 21.6 Å². The Balaban J connectivity index is 1.78. The molecule has 3 rings (SSSR count). The first-order valence-corrected chi connectivity index (χ1v) is 10.0. The fourth-order valence-electron chi connectivity index (χ4n) is 2.78. The van der Waals surface area contributed by atoms with Crippen LogP contribution >= 0.6 is 11.6 Å². The van der Waals surface area contributed by atoms with E-state index in [0.717, 1.165) is 5.56 Å². The number of fused-ring (bicyclic) bond motifs is 1. The van der Waals surface area contributed by atoms with Gasteiger partial charge in [-0.2, -0.15) is 0 Å². The van der Waals surface area contributed by atoms with Crippen LogP contribution in [0.15, 0.2) is 47.4 Å². The molecule has 0 fully saturated rings. The monoisotopic (exact) mass is 396 g/mol. The van der Waals surface area contributed by atoms with Gasteiger partial charge in [0, 0.05) is 23.7 Å². The van der Waals surface area contributed by atoms with Gasteiger partial charge < -0.3 is 14.4 Å². The van der Waals surface area contributed by atoms with E-state index < -0.39 is 10.0 Å². The highest BCUT2D eigenvalue weighted by Gasteiger charge is 2.22. The van der Waals surface area contributed by atoms with E-state index in [2.05, 4.69) is 4.72 Å². The number of hydrogen-bond acceptors (Lipinski definition) is 5. The second-order valence-corrected chi connectivity index (χ2v) is 8.40. The van der Waals surface area contributed by atoms with Crippen molar-refractivity contribution in [1.29, 1.82) is 0 Å². The van der Waals surface area contributed by atoms with Gasteiger partial charge in [0.05, 0.1) is 4.90 Å². The predicted molar refractivity (Wildman–Crippen MR) is 101 cm³/mol. The second kappa shape index (κ2) is 7.84. The summed E-state index contributed by atoms with van der Waals surface area (Å²) >= 11 is 6.06. The standard InChI is InChI=1S/C18H21ClN2O4S/c1-21(2)16(13-4-3-5-14(19)10-13)12-20-26(22,23)15-6-7-17-18(11-15)25-9-8-24-17/h3-7,10-11,16,20H,8-9,12H2,1-2H3. The van der Waals surface area contributed by atoms with Gasteiger partial charge in [-0.1, -0.05) is 23.7 Å². The van der Waals surface area contributed by atoms with Crippen molar-refractivity contribution in [3.63, 3.8) is 0 Å². The molecular weight excluding hydrogens is 376 g/mol. The zero-order valence-electron chi connectivity index (χ0n) is 14.6. The fraction of sp³-hybridized carbons (Fsp3) is 0.333. The molecule has 8 heteroatoms. The second-order valence-electron chi connectivity index (χ2n) is 6.19. The summed E-state index contributed by atoms with van der Waals surface area (Å²) in [4.78, 5) is 2.09. The summed E-state index contributed by atoms with van der Waals surface area (Å²) < 4.78 is 39.0. The predicted octanol–water partition coefficient (Wildman–Crippen LogP) is 2.69. The third-order valence-electron chi connectivity index (χ3n) is 4.15. The molecule has 26 heavy (non-hydrogen) atoms. The molecule has 0 saturated carbocycles. The summed E-state index contributed by atoms with van der Waals surface area (Å²) in [6, 6.07) is 11.9. The van der Waals surface area contributed by atoms with Crippen molar-refractivity contribution in [2.24, 2.45) is 0 Å². The van der Waals surface area contributed by atoms with Crippen molar-refractivity contribution < 1.29 is 17.9 Å². The molecular formula is C18H21ClN2O4S. The molecule has 0 saturated heterocycles. The van der Waals surface area contributed by atoms with Gasteiger partial charge in [0.1, 0.15) is 13.2 Å². The molecule has 0 aliphatic carbocycles. The lowest BCUT2D eigenvalue weighted by molar-refractivity contribution is 0.171. The number of halogens is 1. The smallest absolute Gasteiger partial charge is 0.240 e. The Morgan fingerprint density at radius 2 is 1.85 bits per heavy atom. The number of likely N-dealkylation sites (N-methyl/N-ethyl adjacent to an activating group) is 1. The lowest BCUT2D eigenvalue weighted by Gasteiger charge is -2.25. The number of sulfonamides is 1. The van der Waals surface area contributed by atoms with Crippen LogP contribution in [0.1, 0.15) is 11.6 Å². The maximum absolute atomic E-state index is 12.7. The van der Waals surface area contributed by atoms with E-state index in [9.17, 15) is 8.42 Å². The third-order valence-corrected chi connectivity index (χ3v) is 5.80. The molecule has 2 aromatic carbocycles. The Morgan fingerprint density at radius 1 is 1.12 bits per heavy atom. The van der Waals surface area contributed by atoms with Crippen LogP contribution in [-0.2, 0) is 10.0 Å². The Bertz CT molecular complexity index is 887. The minimum absolute atomic E-state index is 0.144. The highest BCUT2D eigenvalue weighted by molar-refractivity contribution is 7.89. The molecule has 0 amide bonds. The molecule has 1 aliphatic rings. The van der Waals surface area contributed by atoms with Crippen molar-refractivity contribution in [2.45, 2.75) is 10.9 Å². The van der Waals surface area contributed by atoms with Gasteiger partial charge in [0.25, 0.3) is 0 Å². The summed E-state index contributed by atoms with van der Waals surface area (Å²) in [6.07, 6.45) is 0. The topological polar surface area (TPSA) is 67.9 Å². The minimum atomic E-state index is -3.69. The summed E-state index contributed by atoms with van der Waals surface area (Å²) in [6.45, 7) is 1.08. The third kappa shape index (κ3) is 4.29. The van der Waals surface area contributed by atoms with Crippen molar-refractivity contribution in [2.75, 3.05) is 33.9 Å². The first-order chi connectivity index (χ1) is 12.4. The van der Waals surface area contributed by atoms with Crippen LogP contribution in [0, 0.1) is 0 Å². The Hall–Kier alpha value is -1.80. The molecule has 140 valence electrons. The average molecular weight is 397 g/mol. The van der Waals surface area contributed by atoms with Gasteiger partial charge in [-0.25, -0.2) is 13.1 Å². The SMILES string of the molecule is CN(C)C(CNS(=O)(=O)c1ccc2c(c1)OCCO2)c1cccc(Cl)c1. The molecule has 1 atom stereocenters. The summed E-state index contributed by atoms with van der Waals surface area (Å²) in [5.41, 5.74) is 0.937. The summed E-state index contributed by atoms with van der Waals surface area (Å²) in [5.74, 6) is 0.999. The lowest BCUT2D eigenvalue weighted by Crippen LogP contribution is -2.34. The fourth-order valence-corrected chi connectivity index (χ4v) is 4.03. The van der Waals surface area contributed by atoms with Crippen LogP contribution in [0.4, 0.5) is 0 Å². The highest BCUT2D eigenvalue weighted by atomic mass is 35.5. The van der Waals surface area contributed by atoms with Crippen LogP contribution in [0.25, 0.3) is 0 Å². The van der Waals surface area contributed by atoms with E-state index in [1.807, 2.05) is 37.2 Å². The number of rotatable bonds is 6. The number of nitrogens with zero attached hydrogens (tertiary/aromatic N) is 1. The molecule has 6 nitrogen and oxygen atoms in total. The van der Waals surface area contributed by atoms with Gasteiger partial charge in [0.2, 0.25) is 10.0 Å². The highest BCUT2D eigenvalue weighted by Crippen LogP contribution is 2.32. The lowest BCUT2D eigenvalue weighted by atomic mass is 10.1. The number of ether oxygens (including phenoxy) is 2. The van der Waals surface area contributed by atoms with E-state index in [1.54, 1.807) is 12.1 Å². The Kier molecular flexibility index (Phi) is 5.72. The Labute approximate surface area is 158 Å². The van der Waals surface area contributed by atoms with Gasteiger partial charge in [-0.3, -0.25) is 0 Å². The van der Waals surface area contributed by atoms with Crippen molar-refractivity contribution in [3.05, 3.63) is 53.1 Å². The van der Waals surface area contributed by atoms with Crippen molar-refractivity contribution in [3.8, 4) is 11.5 Å². The molecule has 1 heterocycles. The number of nitrogens with one attached hydrogen (secondary N) is 1. The van der Waals surface area contributed by atoms with Gasteiger partial charge in [-0.15, -0.1) is 0 Å². The summed E-state index contributed by atoms with van der Waals surface area (Å²) in [5, 5.41) is 0.615. The number of hydrogen-bond donors (Lipinski definition) is 1. The molecule has 0 bridgehead atoms. The number of benzene rings is 2. The van der Waals surface area contributed by atoms with Gasteiger partial charge in [-0.05, 0) is 43.9 Å². The van der Waals surface area contributed by atoms with E-state index in [4.69, 9.17) is 21.1 Å². The Morgan fingerprint density at radius 3 is 2.54 bits per heavy atom. The van der Waals surface area contributed by atoms with E-state index in [1.165, 1.54) is 12.1 Å². The van der Waals surface area contributed by atoms with Crippen LogP contribution in [0.3, 0.4) is 0 Å². The maximum atomic E-state index is 12.7. The van der Waals surface area contributed by atoms with Crippen LogP contribution in [0.5, 0.6) is 11.5 Å². The molecule has 0 spiro atoms. The molecule has 1 N–H and O–H groups in total. The molecule has 1 aliphatic heterocycles. The first kappa shape index (κ1) is 19.0. The zero-order chi connectivity index (χ0) is 18.7. The van der Waals surface area contributed by atoms with E-state index in [-0.39, 0.29) is 17.5 Å². The first-order valence-electron chi connectivity index (χ1n) is 8.18. The van der Waals surface area contributed by atoms with Crippen LogP contribution < -0.4 is 14.2 Å². The average Bonchev–Trinajstić information content (AvgIpc) is 2.61. The van der Waals surface area contributed by atoms with Crippen LogP contribution in [-0.4, -0.2) is 47.2 Å². The molecule has 0 radical (unpaired) electrons. The quantitative estimate of drug-likeness (QED) is 0.813. The maximum Gasteiger partial charge on any atom is 0.240 e. The van der Waals surface area contributed by atoms with Crippen molar-refractivity contribution in [1.82, 2.24) is 9.62 Å². The van der Waals surface area contributed by atoms with E-state index in [0.29, 0.717) is 29.7 Å². The van der Waals surface area contributed by atoms with Gasteiger partial charge in [0.15, 0.2) is 11.5 Å². The molecule has 0 aromatic heterocycles. The van der Waals surface area contributed by atoms with Crippen LogP contribution in [0.2, 0.25) is 5.02 Å². The van der Waals surface area contributed by atoms with E-state index >= 15 is 0 Å². The summed E-state index contributed by atoms with van der Waals surface area (Å²) in [7, 11) is 0.0999. The zero-order valence-corrected chi connectivity index (χ0v) is 16.2. The largest absolute Gasteiger partial charge is 0.486 e. The molecule has 2 aromatic rings. The minimum Gasteiger partial charge on any atom is -0.486 e. The normalized spacial score (nSPS) is 15.1. The van der Waals surface area contributed by atoms with Gasteiger partial charge >= 0.3 is 0 Å². The molecule has 1 unspecified atom stereocenters.